The Balaban J connectivity index is 1.88. The van der Waals surface area contributed by atoms with Gasteiger partial charge < -0.3 is 5.32 Å². The standard InChI is InChI=1S/C11H16BrN3/c1-8(2)15-6-9(7-15)14-11-3-4-13-5-10(11)12/h3-5,8-9H,6-7H2,1-2H3,(H,13,14). The Kier molecular flexibility index (Phi) is 3.26. The van der Waals surface area contributed by atoms with Crippen LogP contribution in [0.1, 0.15) is 13.8 Å². The van der Waals surface area contributed by atoms with Crippen molar-refractivity contribution in [3.05, 3.63) is 22.9 Å². The molecule has 4 heteroatoms. The molecule has 0 bridgehead atoms. The van der Waals surface area contributed by atoms with Gasteiger partial charge in [-0.25, -0.2) is 0 Å². The summed E-state index contributed by atoms with van der Waals surface area (Å²) in [7, 11) is 0. The molecule has 0 atom stereocenters. The van der Waals surface area contributed by atoms with E-state index in [0.717, 1.165) is 23.2 Å². The molecule has 0 aliphatic carbocycles. The van der Waals surface area contributed by atoms with Crippen molar-refractivity contribution in [2.24, 2.45) is 0 Å². The summed E-state index contributed by atoms with van der Waals surface area (Å²) in [4.78, 5) is 6.49. The third kappa shape index (κ3) is 2.49. The van der Waals surface area contributed by atoms with Crippen molar-refractivity contribution >= 4 is 21.6 Å². The van der Waals surface area contributed by atoms with Crippen LogP contribution in [0.25, 0.3) is 0 Å². The van der Waals surface area contributed by atoms with Crippen molar-refractivity contribution in [3.63, 3.8) is 0 Å². The van der Waals surface area contributed by atoms with E-state index in [2.05, 4.69) is 45.0 Å². The summed E-state index contributed by atoms with van der Waals surface area (Å²) in [5.41, 5.74) is 1.14. The third-order valence-electron chi connectivity index (χ3n) is 2.77. The van der Waals surface area contributed by atoms with Crippen LogP contribution in [0, 0.1) is 0 Å². The van der Waals surface area contributed by atoms with Gasteiger partial charge in [0.05, 0.1) is 16.2 Å². The predicted molar refractivity (Wildman–Crippen MR) is 66.1 cm³/mol. The molecule has 0 aromatic carbocycles. The summed E-state index contributed by atoms with van der Waals surface area (Å²) in [5, 5.41) is 3.50. The average Bonchev–Trinajstić information content (AvgIpc) is 2.12. The van der Waals surface area contributed by atoms with Crippen molar-refractivity contribution in [1.82, 2.24) is 9.88 Å². The maximum Gasteiger partial charge on any atom is 0.0590 e. The minimum atomic E-state index is 0.575. The summed E-state index contributed by atoms with van der Waals surface area (Å²) in [5.74, 6) is 0. The minimum absolute atomic E-state index is 0.575. The molecular weight excluding hydrogens is 254 g/mol. The van der Waals surface area contributed by atoms with Crippen LogP contribution in [-0.2, 0) is 0 Å². The topological polar surface area (TPSA) is 28.2 Å². The first-order valence-corrected chi connectivity index (χ1v) is 6.06. The molecule has 0 unspecified atom stereocenters. The fourth-order valence-corrected chi connectivity index (χ4v) is 2.10. The smallest absolute Gasteiger partial charge is 0.0590 e. The molecule has 3 nitrogen and oxygen atoms in total. The predicted octanol–water partition coefficient (Wildman–Crippen LogP) is 2.35. The van der Waals surface area contributed by atoms with Gasteiger partial charge in [0.1, 0.15) is 0 Å². The van der Waals surface area contributed by atoms with Gasteiger partial charge in [-0.05, 0) is 35.8 Å². The number of aromatic nitrogens is 1. The van der Waals surface area contributed by atoms with Crippen LogP contribution in [0.15, 0.2) is 22.9 Å². The number of hydrogen-bond acceptors (Lipinski definition) is 3. The number of likely N-dealkylation sites (tertiary alicyclic amines) is 1. The maximum atomic E-state index is 4.04. The summed E-state index contributed by atoms with van der Waals surface area (Å²) < 4.78 is 1.04. The van der Waals surface area contributed by atoms with E-state index in [1.165, 1.54) is 0 Å². The van der Waals surface area contributed by atoms with Crippen molar-refractivity contribution in [1.29, 1.82) is 0 Å². The fourth-order valence-electron chi connectivity index (χ4n) is 1.74. The molecule has 1 saturated heterocycles. The van der Waals surface area contributed by atoms with E-state index in [9.17, 15) is 0 Å². The lowest BCUT2D eigenvalue weighted by atomic mass is 10.1. The first kappa shape index (κ1) is 10.9. The third-order valence-corrected chi connectivity index (χ3v) is 3.40. The molecule has 0 amide bonds. The van der Waals surface area contributed by atoms with Crippen LogP contribution in [0.4, 0.5) is 5.69 Å². The Morgan fingerprint density at radius 2 is 2.27 bits per heavy atom. The van der Waals surface area contributed by atoms with E-state index >= 15 is 0 Å². The van der Waals surface area contributed by atoms with Crippen LogP contribution in [-0.4, -0.2) is 35.1 Å². The highest BCUT2D eigenvalue weighted by Crippen LogP contribution is 2.23. The van der Waals surface area contributed by atoms with E-state index in [1.54, 1.807) is 0 Å². The van der Waals surface area contributed by atoms with Crippen molar-refractivity contribution in [2.45, 2.75) is 25.9 Å². The molecule has 1 aromatic heterocycles. The lowest BCUT2D eigenvalue weighted by molar-refractivity contribution is 0.122. The lowest BCUT2D eigenvalue weighted by Gasteiger charge is -2.42. The number of pyridine rings is 1. The molecule has 1 aliphatic heterocycles. The van der Waals surface area contributed by atoms with Crippen LogP contribution in [0.2, 0.25) is 0 Å². The molecule has 2 heterocycles. The first-order chi connectivity index (χ1) is 7.16. The Labute approximate surface area is 99.0 Å². The van der Waals surface area contributed by atoms with E-state index < -0.39 is 0 Å². The highest BCUT2D eigenvalue weighted by molar-refractivity contribution is 9.10. The van der Waals surface area contributed by atoms with Gasteiger partial charge in [0.2, 0.25) is 0 Å². The van der Waals surface area contributed by atoms with E-state index in [1.807, 2.05) is 18.5 Å². The number of halogens is 1. The van der Waals surface area contributed by atoms with Gasteiger partial charge in [0.15, 0.2) is 0 Å². The van der Waals surface area contributed by atoms with Gasteiger partial charge in [-0.1, -0.05) is 0 Å². The molecule has 0 saturated carbocycles. The molecule has 82 valence electrons. The first-order valence-electron chi connectivity index (χ1n) is 5.27. The Morgan fingerprint density at radius 1 is 1.53 bits per heavy atom. The molecule has 1 aromatic rings. The van der Waals surface area contributed by atoms with Crippen LogP contribution in [0.5, 0.6) is 0 Å². The van der Waals surface area contributed by atoms with Crippen LogP contribution < -0.4 is 5.32 Å². The fraction of sp³-hybridized carbons (Fsp3) is 0.545. The number of hydrogen-bond donors (Lipinski definition) is 1. The maximum absolute atomic E-state index is 4.04. The van der Waals surface area contributed by atoms with E-state index in [4.69, 9.17) is 0 Å². The molecule has 15 heavy (non-hydrogen) atoms. The lowest BCUT2D eigenvalue weighted by Crippen LogP contribution is -2.57. The molecule has 1 N–H and O–H groups in total. The Hall–Kier alpha value is -0.610. The quantitative estimate of drug-likeness (QED) is 0.913. The Bertz CT molecular complexity index is 334. The van der Waals surface area contributed by atoms with E-state index in [0.29, 0.717) is 12.1 Å². The zero-order chi connectivity index (χ0) is 10.8. The summed E-state index contributed by atoms with van der Waals surface area (Å²) >= 11 is 3.48. The van der Waals surface area contributed by atoms with Gasteiger partial charge in [0.25, 0.3) is 0 Å². The van der Waals surface area contributed by atoms with Crippen LogP contribution in [0.3, 0.4) is 0 Å². The molecule has 0 spiro atoms. The largest absolute Gasteiger partial charge is 0.379 e. The number of rotatable bonds is 3. The minimum Gasteiger partial charge on any atom is -0.379 e. The average molecular weight is 270 g/mol. The molecular formula is C11H16BrN3. The number of nitrogens with one attached hydrogen (secondary N) is 1. The normalized spacial score (nSPS) is 17.9. The van der Waals surface area contributed by atoms with Crippen molar-refractivity contribution in [2.75, 3.05) is 18.4 Å². The summed E-state index contributed by atoms with van der Waals surface area (Å²) in [6, 6.07) is 3.23. The zero-order valence-corrected chi connectivity index (χ0v) is 10.7. The molecule has 1 fully saturated rings. The second-order valence-corrected chi connectivity index (χ2v) is 5.10. The second-order valence-electron chi connectivity index (χ2n) is 4.24. The second kappa shape index (κ2) is 4.49. The highest BCUT2D eigenvalue weighted by atomic mass is 79.9. The zero-order valence-electron chi connectivity index (χ0n) is 9.07. The van der Waals surface area contributed by atoms with Crippen molar-refractivity contribution in [3.8, 4) is 0 Å². The van der Waals surface area contributed by atoms with Gasteiger partial charge in [0, 0.05) is 31.5 Å². The van der Waals surface area contributed by atoms with Gasteiger partial charge in [-0.3, -0.25) is 9.88 Å². The monoisotopic (exact) mass is 269 g/mol. The highest BCUT2D eigenvalue weighted by Gasteiger charge is 2.28. The molecule has 0 radical (unpaired) electrons. The van der Waals surface area contributed by atoms with Crippen molar-refractivity contribution < 1.29 is 0 Å². The number of nitrogens with zero attached hydrogens (tertiary/aromatic N) is 2. The van der Waals surface area contributed by atoms with Gasteiger partial charge >= 0.3 is 0 Å². The van der Waals surface area contributed by atoms with E-state index in [-0.39, 0.29) is 0 Å². The summed E-state index contributed by atoms with van der Waals surface area (Å²) in [6.45, 7) is 6.73. The SMILES string of the molecule is CC(C)N1CC(Nc2ccncc2Br)C1. The number of anilines is 1. The van der Waals surface area contributed by atoms with Gasteiger partial charge in [-0.15, -0.1) is 0 Å². The van der Waals surface area contributed by atoms with Crippen LogP contribution >= 0.6 is 15.9 Å². The molecule has 1 aliphatic rings. The van der Waals surface area contributed by atoms with Gasteiger partial charge in [-0.2, -0.15) is 0 Å². The summed E-state index contributed by atoms with van der Waals surface area (Å²) in [6.07, 6.45) is 3.63. The molecule has 2 rings (SSSR count). The Morgan fingerprint density at radius 3 is 2.87 bits per heavy atom.